The Balaban J connectivity index is 0. The third-order valence-corrected chi connectivity index (χ3v) is 0. The average molecular weight is 467 g/mol. The van der Waals surface area contributed by atoms with E-state index in [2.05, 4.69) is 0 Å². The van der Waals surface area contributed by atoms with Gasteiger partial charge in [-0.15, -0.1) is 0 Å². The fourth-order valence-corrected chi connectivity index (χ4v) is 0. The van der Waals surface area contributed by atoms with Crippen LogP contribution in [0.5, 0.6) is 0 Å². The molecule has 2 radical (unpaired) electrons. The van der Waals surface area contributed by atoms with Crippen molar-refractivity contribution in [2.24, 2.45) is 0 Å². The molecule has 0 N–H and O–H groups in total. The van der Waals surface area contributed by atoms with Gasteiger partial charge in [0.15, 0.2) is 0 Å². The van der Waals surface area contributed by atoms with Gasteiger partial charge < -0.3 is 0 Å². The van der Waals surface area contributed by atoms with E-state index in [1.54, 1.807) is 0 Å². The number of hydrogen-bond donors (Lipinski definition) is 0. The quantitative estimate of drug-likeness (QED) is 0.441. The zero-order valence-electron chi connectivity index (χ0n) is 1.59. The van der Waals surface area contributed by atoms with Gasteiger partial charge in [0.05, 0.1) is 0 Å². The van der Waals surface area contributed by atoms with Gasteiger partial charge in [0.1, 0.15) is 0 Å². The summed E-state index contributed by atoms with van der Waals surface area (Å²) in [6, 6.07) is 0. The van der Waals surface area contributed by atoms with E-state index >= 15 is 0 Å². The van der Waals surface area contributed by atoms with Crippen molar-refractivity contribution >= 4 is 0 Å². The Morgan fingerprint density at radius 2 is 1.00 bits per heavy atom. The van der Waals surface area contributed by atoms with Crippen LogP contribution in [0.15, 0.2) is 0 Å². The second-order valence-corrected chi connectivity index (χ2v) is 0. The molecule has 0 saturated heterocycles. The first kappa shape index (κ1) is 24.1. The Morgan fingerprint density at radius 3 is 1.00 bits per heavy atom. The maximum absolute atomic E-state index is 0. The minimum absolute atomic E-state index is 0. The summed E-state index contributed by atoms with van der Waals surface area (Å²) in [4.78, 5) is 0. The van der Waals surface area contributed by atoms with Crippen LogP contribution in [0.4, 0.5) is 0 Å². The van der Waals surface area contributed by atoms with Crippen molar-refractivity contribution in [1.82, 2.24) is 0 Å². The van der Waals surface area contributed by atoms with E-state index in [9.17, 15) is 0 Å². The molecule has 0 aromatic rings. The van der Waals surface area contributed by atoms with Gasteiger partial charge >= 0.3 is 0 Å². The summed E-state index contributed by atoms with van der Waals surface area (Å²) in [6.07, 6.45) is 0. The van der Waals surface area contributed by atoms with Crippen LogP contribution in [0, 0.1) is 77.7 Å². The van der Waals surface area contributed by atoms with Crippen LogP contribution >= 0.6 is 0 Å². The van der Waals surface area contributed by atoms with Crippen LogP contribution in [0.25, 0.3) is 0 Å². The van der Waals surface area contributed by atoms with E-state index in [4.69, 9.17) is 0 Å². The van der Waals surface area contributed by atoms with Gasteiger partial charge in [-0.05, 0) is 0 Å². The van der Waals surface area contributed by atoms with Crippen molar-refractivity contribution in [2.75, 3.05) is 0 Å². The van der Waals surface area contributed by atoms with Gasteiger partial charge in [0.25, 0.3) is 0 Å². The standard InChI is InChI=1S/Fe.Gd.Ho.Y. The Morgan fingerprint density at radius 1 is 1.00 bits per heavy atom. The smallest absolute Gasteiger partial charge is 0 e. The average Bonchev–Trinajstić information content (AvgIpc) is 0. The van der Waals surface area contributed by atoms with Crippen molar-refractivity contribution in [3.63, 3.8) is 0 Å². The van der Waals surface area contributed by atoms with Crippen LogP contribution in [-0.4, -0.2) is 0 Å². The molecule has 0 heterocycles. The summed E-state index contributed by atoms with van der Waals surface area (Å²) in [6.45, 7) is 0. The molecule has 0 aliphatic rings. The molecule has 0 fully saturated rings. The molecule has 30 valence electrons. The van der Waals surface area contributed by atoms with Crippen LogP contribution < -0.4 is 0 Å². The molecular formula is FeGdHoY. The molecule has 0 aliphatic heterocycles. The Kier molecular flexibility index (Phi) is 94.5. The van der Waals surface area contributed by atoms with E-state index in [1.165, 1.54) is 0 Å². The zero-order valence-corrected chi connectivity index (χ0v) is 9.73. The number of rotatable bonds is 0. The second kappa shape index (κ2) is 15.7. The topological polar surface area (TPSA) is 0 Å². The van der Waals surface area contributed by atoms with Gasteiger partial charge in [-0.25, -0.2) is 0 Å². The van der Waals surface area contributed by atoms with E-state index in [1.807, 2.05) is 0 Å². The molecule has 0 aromatic carbocycles. The molecule has 0 aromatic heterocycles. The third-order valence-electron chi connectivity index (χ3n) is 0. The molecular weight excluding hydrogens is 467 g/mol. The van der Waals surface area contributed by atoms with Gasteiger partial charge in [0.2, 0.25) is 0 Å². The monoisotopic (exact) mass is 468 g/mol. The SMILES string of the molecule is [Fe].[Gd].[Ho].[Y]. The Bertz CT molecular complexity index is 8.00. The fraction of sp³-hybridized carbons (Fsp3) is 0. The minimum Gasteiger partial charge on any atom is 0 e. The molecule has 0 atom stereocenters. The van der Waals surface area contributed by atoms with E-state index in [0.717, 1.165) is 0 Å². The molecule has 0 spiro atoms. The predicted molar refractivity (Wildman–Crippen MR) is 0 cm³/mol. The maximum atomic E-state index is 0. The van der Waals surface area contributed by atoms with Gasteiger partial charge in [-0.1, -0.05) is 0 Å². The molecule has 4 heteroatoms. The summed E-state index contributed by atoms with van der Waals surface area (Å²) in [5.41, 5.74) is 0. The molecule has 0 aliphatic carbocycles. The molecule has 0 rings (SSSR count). The first-order valence-corrected chi connectivity index (χ1v) is 0. The first-order valence-electron chi connectivity index (χ1n) is 0. The Labute approximate surface area is 124 Å². The molecule has 0 saturated carbocycles. The molecule has 0 bridgehead atoms. The van der Waals surface area contributed by atoms with Crippen molar-refractivity contribution in [1.29, 1.82) is 0 Å². The summed E-state index contributed by atoms with van der Waals surface area (Å²) >= 11 is 0. The second-order valence-electron chi connectivity index (χ2n) is 0. The Hall–Kier alpha value is 4.21. The van der Waals surface area contributed by atoms with E-state index in [-0.39, 0.29) is 127 Å². The van der Waals surface area contributed by atoms with Crippen LogP contribution in [-0.2, 0) is 49.8 Å². The van der Waals surface area contributed by atoms with E-state index < -0.39 is 0 Å². The molecule has 0 amide bonds. The normalized spacial score (nSPS) is 0. The van der Waals surface area contributed by atoms with Crippen molar-refractivity contribution in [3.8, 4) is 0 Å². The fourth-order valence-electron chi connectivity index (χ4n) is 0. The van der Waals surface area contributed by atoms with Crippen LogP contribution in [0.1, 0.15) is 0 Å². The largest absolute Gasteiger partial charge is 0 e. The van der Waals surface area contributed by atoms with E-state index in [0.29, 0.717) is 0 Å². The van der Waals surface area contributed by atoms with Crippen molar-refractivity contribution < 1.29 is 127 Å². The third kappa shape index (κ3) is 9.51. The van der Waals surface area contributed by atoms with Crippen LogP contribution in [0.3, 0.4) is 0 Å². The summed E-state index contributed by atoms with van der Waals surface area (Å²) in [5.74, 6) is 0. The van der Waals surface area contributed by atoms with Gasteiger partial charge in [0, 0.05) is 127 Å². The van der Waals surface area contributed by atoms with Gasteiger partial charge in [-0.3, -0.25) is 0 Å². The van der Waals surface area contributed by atoms with Gasteiger partial charge in [-0.2, -0.15) is 0 Å². The van der Waals surface area contributed by atoms with Crippen molar-refractivity contribution in [3.05, 3.63) is 0 Å². The first-order chi connectivity index (χ1) is 0. The summed E-state index contributed by atoms with van der Waals surface area (Å²) in [5, 5.41) is 0. The summed E-state index contributed by atoms with van der Waals surface area (Å²) in [7, 11) is 0. The summed E-state index contributed by atoms with van der Waals surface area (Å²) < 4.78 is 0. The molecule has 0 unspecified atom stereocenters. The maximum Gasteiger partial charge on any atom is 0 e. The predicted octanol–water partition coefficient (Wildman–Crippen LogP) is -0.00500. The van der Waals surface area contributed by atoms with Crippen molar-refractivity contribution in [2.45, 2.75) is 0 Å². The zero-order chi connectivity index (χ0) is 0. The molecule has 4 heavy (non-hydrogen) atoms. The minimum atomic E-state index is 0. The number of hydrogen-bond acceptors (Lipinski definition) is 0. The van der Waals surface area contributed by atoms with Crippen LogP contribution in [0.2, 0.25) is 0 Å². The molecule has 0 nitrogen and oxygen atoms in total.